The van der Waals surface area contributed by atoms with E-state index < -0.39 is 0 Å². The Hall–Kier alpha value is -3.45. The number of benzene rings is 3. The monoisotopic (exact) mass is 465 g/mol. The molecule has 0 saturated heterocycles. The zero-order valence-electron chi connectivity index (χ0n) is 16.3. The maximum atomic E-state index is 12.7. The van der Waals surface area contributed by atoms with Gasteiger partial charge >= 0.3 is 0 Å². The zero-order valence-corrected chi connectivity index (χ0v) is 17.8. The summed E-state index contributed by atoms with van der Waals surface area (Å²) in [4.78, 5) is 38.6. The molecular formula is C23H20BrN3O3. The number of halogens is 1. The van der Waals surface area contributed by atoms with Crippen molar-refractivity contribution in [3.05, 3.63) is 94.5 Å². The van der Waals surface area contributed by atoms with Crippen molar-refractivity contribution in [2.24, 2.45) is 0 Å². The van der Waals surface area contributed by atoms with E-state index in [1.165, 1.54) is 4.90 Å². The summed E-state index contributed by atoms with van der Waals surface area (Å²) in [6.07, 6.45) is 0. The van der Waals surface area contributed by atoms with Gasteiger partial charge in [0, 0.05) is 34.0 Å². The Balaban J connectivity index is 1.63. The van der Waals surface area contributed by atoms with E-state index in [2.05, 4.69) is 26.6 Å². The predicted octanol–water partition coefficient (Wildman–Crippen LogP) is 4.41. The van der Waals surface area contributed by atoms with E-state index in [9.17, 15) is 14.4 Å². The first kappa shape index (κ1) is 21.3. The minimum absolute atomic E-state index is 0.0949. The van der Waals surface area contributed by atoms with E-state index in [0.29, 0.717) is 22.5 Å². The highest BCUT2D eigenvalue weighted by atomic mass is 79.9. The summed E-state index contributed by atoms with van der Waals surface area (Å²) >= 11 is 3.34. The summed E-state index contributed by atoms with van der Waals surface area (Å²) < 4.78 is 0.800. The third-order valence-corrected chi connectivity index (χ3v) is 4.73. The van der Waals surface area contributed by atoms with Crippen molar-refractivity contribution < 1.29 is 14.4 Å². The molecule has 0 saturated carbocycles. The van der Waals surface area contributed by atoms with Crippen molar-refractivity contribution in [1.82, 2.24) is 4.90 Å². The van der Waals surface area contributed by atoms with Crippen molar-refractivity contribution in [2.75, 3.05) is 24.2 Å². The molecule has 152 valence electrons. The number of hydrogen-bond acceptors (Lipinski definition) is 3. The second-order valence-electron chi connectivity index (χ2n) is 6.62. The fraction of sp³-hybridized carbons (Fsp3) is 0.0870. The Morgan fingerprint density at radius 2 is 1.47 bits per heavy atom. The van der Waals surface area contributed by atoms with Gasteiger partial charge in [-0.3, -0.25) is 14.4 Å². The summed E-state index contributed by atoms with van der Waals surface area (Å²) in [5, 5.41) is 5.53. The van der Waals surface area contributed by atoms with Gasteiger partial charge in [0.25, 0.3) is 11.8 Å². The topological polar surface area (TPSA) is 78.5 Å². The van der Waals surface area contributed by atoms with E-state index in [1.807, 2.05) is 24.3 Å². The van der Waals surface area contributed by atoms with Crippen molar-refractivity contribution in [2.45, 2.75) is 0 Å². The van der Waals surface area contributed by atoms with Crippen molar-refractivity contribution >= 4 is 45.0 Å². The molecule has 0 heterocycles. The Morgan fingerprint density at radius 3 is 2.20 bits per heavy atom. The summed E-state index contributed by atoms with van der Waals surface area (Å²) in [6, 6.07) is 22.7. The van der Waals surface area contributed by atoms with E-state index in [4.69, 9.17) is 0 Å². The molecule has 0 radical (unpaired) electrons. The number of likely N-dealkylation sites (N-methyl/N-ethyl adjacent to an activating group) is 1. The molecule has 3 aromatic rings. The van der Waals surface area contributed by atoms with Gasteiger partial charge in [-0.1, -0.05) is 46.3 Å². The normalized spacial score (nSPS) is 10.2. The number of hydrogen-bond donors (Lipinski definition) is 2. The van der Waals surface area contributed by atoms with Gasteiger partial charge in [-0.05, 0) is 48.5 Å². The number of rotatable bonds is 6. The lowest BCUT2D eigenvalue weighted by atomic mass is 10.1. The number of nitrogens with one attached hydrogen (secondary N) is 2. The van der Waals surface area contributed by atoms with Crippen LogP contribution in [-0.4, -0.2) is 36.2 Å². The van der Waals surface area contributed by atoms with E-state index in [0.717, 1.165) is 4.47 Å². The first-order valence-corrected chi connectivity index (χ1v) is 9.99. The van der Waals surface area contributed by atoms with Gasteiger partial charge in [0.1, 0.15) is 0 Å². The van der Waals surface area contributed by atoms with Crippen LogP contribution in [0.1, 0.15) is 20.7 Å². The Bertz CT molecular complexity index is 1070. The lowest BCUT2D eigenvalue weighted by Gasteiger charge is -2.17. The molecule has 30 heavy (non-hydrogen) atoms. The second-order valence-corrected chi connectivity index (χ2v) is 7.54. The number of anilines is 2. The summed E-state index contributed by atoms with van der Waals surface area (Å²) in [5.41, 5.74) is 2.03. The first-order chi connectivity index (χ1) is 14.4. The van der Waals surface area contributed by atoms with Crippen LogP contribution in [0.25, 0.3) is 0 Å². The number of nitrogens with zero attached hydrogens (tertiary/aromatic N) is 1. The van der Waals surface area contributed by atoms with Crippen LogP contribution in [0.15, 0.2) is 83.3 Å². The molecule has 2 N–H and O–H groups in total. The SMILES string of the molecule is CN(CC(=O)Nc1ccccc1)C(=O)c1cccc(NC(=O)c2cccc(Br)c2)c1. The number of carbonyl (C=O) groups excluding carboxylic acids is 3. The largest absolute Gasteiger partial charge is 0.332 e. The lowest BCUT2D eigenvalue weighted by Crippen LogP contribution is -2.35. The molecule has 0 aliphatic rings. The first-order valence-electron chi connectivity index (χ1n) is 9.20. The van der Waals surface area contributed by atoms with Gasteiger partial charge in [-0.25, -0.2) is 0 Å². The van der Waals surface area contributed by atoms with Crippen LogP contribution >= 0.6 is 15.9 Å². The zero-order chi connectivity index (χ0) is 21.5. The molecule has 6 nitrogen and oxygen atoms in total. The van der Waals surface area contributed by atoms with Crippen LogP contribution in [-0.2, 0) is 4.79 Å². The van der Waals surface area contributed by atoms with Gasteiger partial charge in [-0.15, -0.1) is 0 Å². The van der Waals surface area contributed by atoms with Gasteiger partial charge in [0.05, 0.1) is 6.54 Å². The Labute approximate surface area is 183 Å². The minimum atomic E-state index is -0.322. The summed E-state index contributed by atoms with van der Waals surface area (Å²) in [7, 11) is 1.56. The highest BCUT2D eigenvalue weighted by Crippen LogP contribution is 2.16. The molecule has 0 aromatic heterocycles. The predicted molar refractivity (Wildman–Crippen MR) is 121 cm³/mol. The molecule has 0 fully saturated rings. The number of amides is 3. The Morgan fingerprint density at radius 1 is 0.800 bits per heavy atom. The summed E-state index contributed by atoms with van der Waals surface area (Å²) in [6.45, 7) is -0.0949. The van der Waals surface area contributed by atoms with Gasteiger partial charge in [0.2, 0.25) is 5.91 Å². The fourth-order valence-corrected chi connectivity index (χ4v) is 3.19. The standard InChI is InChI=1S/C23H20BrN3O3/c1-27(15-21(28)25-19-10-3-2-4-11-19)23(30)17-8-6-12-20(14-17)26-22(29)16-7-5-9-18(24)13-16/h2-14H,15H2,1H3,(H,25,28)(H,26,29). The van der Waals surface area contributed by atoms with Crippen LogP contribution < -0.4 is 10.6 Å². The highest BCUT2D eigenvalue weighted by molar-refractivity contribution is 9.10. The Kier molecular flexibility index (Phi) is 6.98. The van der Waals surface area contributed by atoms with Crippen molar-refractivity contribution in [3.63, 3.8) is 0 Å². The van der Waals surface area contributed by atoms with E-state index >= 15 is 0 Å². The molecule has 0 aliphatic carbocycles. The molecule has 0 unspecified atom stereocenters. The van der Waals surface area contributed by atoms with Gasteiger partial charge in [-0.2, -0.15) is 0 Å². The molecule has 0 atom stereocenters. The maximum absolute atomic E-state index is 12.7. The van der Waals surface area contributed by atoms with Gasteiger partial charge in [0.15, 0.2) is 0 Å². The molecule has 3 rings (SSSR count). The lowest BCUT2D eigenvalue weighted by molar-refractivity contribution is -0.116. The van der Waals surface area contributed by atoms with Crippen molar-refractivity contribution in [1.29, 1.82) is 0 Å². The summed E-state index contributed by atoms with van der Waals surface area (Å²) in [5.74, 6) is -0.899. The third kappa shape index (κ3) is 5.78. The van der Waals surface area contributed by atoms with E-state index in [-0.39, 0.29) is 24.3 Å². The van der Waals surface area contributed by atoms with Crippen LogP contribution in [0.2, 0.25) is 0 Å². The van der Waals surface area contributed by atoms with E-state index in [1.54, 1.807) is 61.6 Å². The molecule has 0 spiro atoms. The average Bonchev–Trinajstić information content (AvgIpc) is 2.74. The maximum Gasteiger partial charge on any atom is 0.255 e. The van der Waals surface area contributed by atoms with Crippen LogP contribution in [0.3, 0.4) is 0 Å². The van der Waals surface area contributed by atoms with Crippen LogP contribution in [0, 0.1) is 0 Å². The minimum Gasteiger partial charge on any atom is -0.332 e. The molecule has 3 aromatic carbocycles. The molecule has 3 amide bonds. The second kappa shape index (κ2) is 9.84. The smallest absolute Gasteiger partial charge is 0.255 e. The molecule has 0 bridgehead atoms. The van der Waals surface area contributed by atoms with Crippen LogP contribution in [0.5, 0.6) is 0 Å². The highest BCUT2D eigenvalue weighted by Gasteiger charge is 2.16. The number of carbonyl (C=O) groups is 3. The number of para-hydroxylation sites is 1. The third-order valence-electron chi connectivity index (χ3n) is 4.24. The van der Waals surface area contributed by atoms with Crippen LogP contribution in [0.4, 0.5) is 11.4 Å². The molecular weight excluding hydrogens is 446 g/mol. The van der Waals surface area contributed by atoms with Gasteiger partial charge < -0.3 is 15.5 Å². The average molecular weight is 466 g/mol. The fourth-order valence-electron chi connectivity index (χ4n) is 2.79. The van der Waals surface area contributed by atoms with Crippen molar-refractivity contribution in [3.8, 4) is 0 Å². The molecule has 7 heteroatoms. The molecule has 0 aliphatic heterocycles. The quantitative estimate of drug-likeness (QED) is 0.565.